The molecule has 6 nitrogen and oxygen atoms in total. The summed E-state index contributed by atoms with van der Waals surface area (Å²) in [7, 11) is 1.68. The molecule has 0 fully saturated rings. The smallest absolute Gasteiger partial charge is 0.191 e. The van der Waals surface area contributed by atoms with Crippen LogP contribution in [-0.4, -0.2) is 45.0 Å². The molecular formula is C23H23ClN4O2S. The number of halogens is 1. The van der Waals surface area contributed by atoms with E-state index in [1.165, 1.54) is 11.8 Å². The predicted octanol–water partition coefficient (Wildman–Crippen LogP) is 5.40. The number of hydrogen-bond donors (Lipinski definition) is 1. The maximum atomic E-state index is 13.1. The number of fused-ring (bicyclic) bond motifs is 1. The number of aromatic amines is 1. The van der Waals surface area contributed by atoms with Gasteiger partial charge in [-0.05, 0) is 31.5 Å². The Kier molecular flexibility index (Phi) is 6.75. The van der Waals surface area contributed by atoms with Crippen molar-refractivity contribution in [2.24, 2.45) is 0 Å². The van der Waals surface area contributed by atoms with E-state index in [4.69, 9.17) is 16.3 Å². The first-order valence-electron chi connectivity index (χ1n) is 10.0. The minimum absolute atomic E-state index is 0.0608. The molecule has 0 amide bonds. The zero-order valence-electron chi connectivity index (χ0n) is 17.4. The molecule has 0 spiro atoms. The van der Waals surface area contributed by atoms with Crippen LogP contribution >= 0.6 is 23.4 Å². The molecule has 31 heavy (non-hydrogen) atoms. The van der Waals surface area contributed by atoms with Crippen molar-refractivity contribution >= 4 is 40.0 Å². The molecule has 0 radical (unpaired) electrons. The van der Waals surface area contributed by atoms with Crippen LogP contribution < -0.4 is 0 Å². The Morgan fingerprint density at radius 1 is 1.16 bits per heavy atom. The maximum absolute atomic E-state index is 13.1. The maximum Gasteiger partial charge on any atom is 0.191 e. The van der Waals surface area contributed by atoms with Crippen LogP contribution in [0.4, 0.5) is 0 Å². The number of Topliss-reactive ketones (excluding diaryl/α,β-unsaturated/α-hetero) is 1. The molecule has 160 valence electrons. The highest BCUT2D eigenvalue weighted by atomic mass is 35.5. The van der Waals surface area contributed by atoms with Crippen LogP contribution in [0, 0.1) is 6.92 Å². The van der Waals surface area contributed by atoms with Crippen LogP contribution in [0.25, 0.3) is 22.3 Å². The molecule has 2 heterocycles. The van der Waals surface area contributed by atoms with E-state index in [1.54, 1.807) is 7.11 Å². The molecule has 0 aliphatic carbocycles. The predicted molar refractivity (Wildman–Crippen MR) is 125 cm³/mol. The number of ether oxygens (including phenoxy) is 1. The number of carbonyl (C=O) groups excluding carboxylic acids is 1. The SMILES string of the molecule is COCCCn1c(SCC(=O)c2c(C)[nH]c3ccccc23)nnc1-c1ccccc1Cl. The van der Waals surface area contributed by atoms with Gasteiger partial charge in [0.25, 0.3) is 0 Å². The summed E-state index contributed by atoms with van der Waals surface area (Å²) in [6, 6.07) is 15.4. The Morgan fingerprint density at radius 3 is 2.74 bits per heavy atom. The van der Waals surface area contributed by atoms with E-state index < -0.39 is 0 Å². The van der Waals surface area contributed by atoms with Gasteiger partial charge in [-0.25, -0.2) is 0 Å². The lowest BCUT2D eigenvalue weighted by Gasteiger charge is -2.11. The fourth-order valence-corrected chi connectivity index (χ4v) is 4.70. The quantitative estimate of drug-likeness (QED) is 0.208. The number of benzene rings is 2. The minimum Gasteiger partial charge on any atom is -0.385 e. The number of aromatic nitrogens is 4. The highest BCUT2D eigenvalue weighted by Crippen LogP contribution is 2.30. The van der Waals surface area contributed by atoms with Gasteiger partial charge in [-0.2, -0.15) is 0 Å². The van der Waals surface area contributed by atoms with Gasteiger partial charge in [-0.3, -0.25) is 4.79 Å². The van der Waals surface area contributed by atoms with Crippen LogP contribution in [-0.2, 0) is 11.3 Å². The Bertz CT molecular complexity index is 1220. The number of para-hydroxylation sites is 1. The van der Waals surface area contributed by atoms with Crippen LogP contribution in [0.15, 0.2) is 53.7 Å². The second-order valence-electron chi connectivity index (χ2n) is 7.17. The van der Waals surface area contributed by atoms with Crippen LogP contribution in [0.1, 0.15) is 22.5 Å². The van der Waals surface area contributed by atoms with Crippen molar-refractivity contribution in [1.29, 1.82) is 0 Å². The third-order valence-electron chi connectivity index (χ3n) is 5.07. The van der Waals surface area contributed by atoms with Crippen LogP contribution in [0.5, 0.6) is 0 Å². The number of ketones is 1. The number of methoxy groups -OCH3 is 1. The molecule has 8 heteroatoms. The monoisotopic (exact) mass is 454 g/mol. The van der Waals surface area contributed by atoms with E-state index in [-0.39, 0.29) is 11.5 Å². The lowest BCUT2D eigenvalue weighted by Crippen LogP contribution is -2.08. The Labute approximate surface area is 190 Å². The van der Waals surface area contributed by atoms with E-state index >= 15 is 0 Å². The molecule has 0 saturated heterocycles. The molecule has 2 aromatic carbocycles. The summed E-state index contributed by atoms with van der Waals surface area (Å²) in [4.78, 5) is 16.4. The van der Waals surface area contributed by atoms with E-state index in [1.807, 2.05) is 60.0 Å². The highest BCUT2D eigenvalue weighted by Gasteiger charge is 2.20. The van der Waals surface area contributed by atoms with E-state index in [0.717, 1.165) is 34.1 Å². The average molecular weight is 455 g/mol. The summed E-state index contributed by atoms with van der Waals surface area (Å²) in [5.74, 6) is 1.03. The van der Waals surface area contributed by atoms with Crippen molar-refractivity contribution in [3.63, 3.8) is 0 Å². The number of nitrogens with one attached hydrogen (secondary N) is 1. The first kappa shape index (κ1) is 21.6. The molecule has 0 aliphatic rings. The molecule has 0 unspecified atom stereocenters. The van der Waals surface area contributed by atoms with E-state index in [0.29, 0.717) is 29.2 Å². The van der Waals surface area contributed by atoms with Gasteiger partial charge in [0, 0.05) is 48.0 Å². The third-order valence-corrected chi connectivity index (χ3v) is 6.36. The standard InChI is InChI=1S/C23H23ClN4O2S/c1-15-21(17-9-4-6-11-19(17)25-15)20(29)14-31-23-27-26-22(28(23)12-7-13-30-2)16-8-3-5-10-18(16)24/h3-6,8-11,25H,7,12-14H2,1-2H3. The fraction of sp³-hybridized carbons (Fsp3) is 0.261. The topological polar surface area (TPSA) is 72.8 Å². The van der Waals surface area contributed by atoms with Gasteiger partial charge in [0.2, 0.25) is 0 Å². The lowest BCUT2D eigenvalue weighted by atomic mass is 10.1. The Balaban J connectivity index is 1.60. The first-order chi connectivity index (χ1) is 15.1. The van der Waals surface area contributed by atoms with Crippen molar-refractivity contribution in [1.82, 2.24) is 19.7 Å². The minimum atomic E-state index is 0.0608. The van der Waals surface area contributed by atoms with Crippen LogP contribution in [0.3, 0.4) is 0 Å². The summed E-state index contributed by atoms with van der Waals surface area (Å²) in [6.07, 6.45) is 0.801. The second kappa shape index (κ2) is 9.68. The molecule has 2 aromatic heterocycles. The Morgan fingerprint density at radius 2 is 1.94 bits per heavy atom. The number of H-pyrrole nitrogens is 1. The van der Waals surface area contributed by atoms with Gasteiger partial charge < -0.3 is 14.3 Å². The van der Waals surface area contributed by atoms with Gasteiger partial charge >= 0.3 is 0 Å². The molecule has 0 bridgehead atoms. The van der Waals surface area contributed by atoms with Gasteiger partial charge in [-0.15, -0.1) is 10.2 Å². The summed E-state index contributed by atoms with van der Waals surface area (Å²) >= 11 is 7.79. The summed E-state index contributed by atoms with van der Waals surface area (Å²) < 4.78 is 7.22. The second-order valence-corrected chi connectivity index (χ2v) is 8.52. The van der Waals surface area contributed by atoms with Gasteiger partial charge in [0.1, 0.15) is 0 Å². The van der Waals surface area contributed by atoms with E-state index in [9.17, 15) is 4.79 Å². The molecular weight excluding hydrogens is 432 g/mol. The third kappa shape index (κ3) is 4.54. The largest absolute Gasteiger partial charge is 0.385 e. The molecule has 0 aliphatic heterocycles. The number of nitrogens with zero attached hydrogens (tertiary/aromatic N) is 3. The van der Waals surface area contributed by atoms with Gasteiger partial charge in [0.15, 0.2) is 16.8 Å². The average Bonchev–Trinajstić information content (AvgIpc) is 3.32. The summed E-state index contributed by atoms with van der Waals surface area (Å²) in [6.45, 7) is 3.22. The first-order valence-corrected chi connectivity index (χ1v) is 11.4. The fourth-order valence-electron chi connectivity index (χ4n) is 3.64. The molecule has 0 saturated carbocycles. The normalized spacial score (nSPS) is 11.3. The number of rotatable bonds is 9. The van der Waals surface area contributed by atoms with Crippen LogP contribution in [0.2, 0.25) is 5.02 Å². The molecule has 4 rings (SSSR count). The van der Waals surface area contributed by atoms with Crippen molar-refractivity contribution in [2.75, 3.05) is 19.5 Å². The van der Waals surface area contributed by atoms with Gasteiger partial charge in [0.05, 0.1) is 10.8 Å². The number of carbonyl (C=O) groups is 1. The summed E-state index contributed by atoms with van der Waals surface area (Å²) in [5.41, 5.74) is 3.40. The Hall–Kier alpha value is -2.61. The zero-order valence-corrected chi connectivity index (χ0v) is 19.0. The number of thioether (sulfide) groups is 1. The van der Waals surface area contributed by atoms with Gasteiger partial charge in [-0.1, -0.05) is 53.7 Å². The van der Waals surface area contributed by atoms with Crippen molar-refractivity contribution in [3.8, 4) is 11.4 Å². The van der Waals surface area contributed by atoms with Crippen molar-refractivity contribution < 1.29 is 9.53 Å². The number of aryl methyl sites for hydroxylation is 1. The van der Waals surface area contributed by atoms with Crippen molar-refractivity contribution in [2.45, 2.75) is 25.0 Å². The number of hydrogen-bond acceptors (Lipinski definition) is 5. The summed E-state index contributed by atoms with van der Waals surface area (Å²) in [5, 5.41) is 11.0. The molecule has 0 atom stereocenters. The van der Waals surface area contributed by atoms with E-state index in [2.05, 4.69) is 15.2 Å². The highest BCUT2D eigenvalue weighted by molar-refractivity contribution is 7.99. The van der Waals surface area contributed by atoms with Crippen molar-refractivity contribution in [3.05, 3.63) is 64.8 Å². The zero-order chi connectivity index (χ0) is 21.8. The molecule has 1 N–H and O–H groups in total. The molecule has 4 aromatic rings. The lowest BCUT2D eigenvalue weighted by molar-refractivity contribution is 0.102.